The molecule has 1 heterocycles. The quantitative estimate of drug-likeness (QED) is 0.467. The molecule has 0 aromatic heterocycles. The molecule has 0 radical (unpaired) electrons. The van der Waals surface area contributed by atoms with E-state index in [0.717, 1.165) is 21.6 Å². The van der Waals surface area contributed by atoms with Gasteiger partial charge in [-0.2, -0.15) is 0 Å². The number of imide groups is 1. The number of hydrogen-bond acceptors (Lipinski definition) is 4. The van der Waals surface area contributed by atoms with Crippen molar-refractivity contribution in [2.75, 3.05) is 10.2 Å². The Labute approximate surface area is 186 Å². The summed E-state index contributed by atoms with van der Waals surface area (Å²) in [5.41, 5.74) is 0.934. The van der Waals surface area contributed by atoms with Gasteiger partial charge >= 0.3 is 0 Å². The van der Waals surface area contributed by atoms with Crippen LogP contribution in [-0.4, -0.2) is 11.8 Å². The molecule has 0 bridgehead atoms. The number of anilines is 2. The third-order valence-electron chi connectivity index (χ3n) is 4.28. The van der Waals surface area contributed by atoms with Crippen LogP contribution in [0.25, 0.3) is 0 Å². The molecule has 0 fully saturated rings. The summed E-state index contributed by atoms with van der Waals surface area (Å²) in [7, 11) is 0. The molecule has 1 N–H and O–H groups in total. The number of thioether (sulfide) groups is 1. The number of halogens is 3. The van der Waals surface area contributed by atoms with Crippen LogP contribution >= 0.6 is 35.0 Å². The van der Waals surface area contributed by atoms with Crippen molar-refractivity contribution in [3.05, 3.63) is 99.3 Å². The van der Waals surface area contributed by atoms with Crippen LogP contribution in [0.2, 0.25) is 10.0 Å². The Morgan fingerprint density at radius 1 is 0.867 bits per heavy atom. The first-order chi connectivity index (χ1) is 14.4. The van der Waals surface area contributed by atoms with Crippen molar-refractivity contribution >= 4 is 58.2 Å². The van der Waals surface area contributed by atoms with Crippen molar-refractivity contribution in [2.45, 2.75) is 4.90 Å². The summed E-state index contributed by atoms with van der Waals surface area (Å²) in [6.45, 7) is 0. The number of hydrogen-bond donors (Lipinski definition) is 1. The van der Waals surface area contributed by atoms with Gasteiger partial charge in [-0.25, -0.2) is 9.29 Å². The van der Waals surface area contributed by atoms with Gasteiger partial charge in [0, 0.05) is 15.6 Å². The van der Waals surface area contributed by atoms with Gasteiger partial charge in [0.05, 0.1) is 10.7 Å². The molecule has 0 saturated carbocycles. The van der Waals surface area contributed by atoms with Gasteiger partial charge in [0.25, 0.3) is 11.8 Å². The van der Waals surface area contributed by atoms with E-state index in [1.165, 1.54) is 18.2 Å². The average molecular weight is 459 g/mol. The largest absolute Gasteiger partial charge is 0.350 e. The number of nitrogens with one attached hydrogen (secondary N) is 1. The molecule has 0 aliphatic carbocycles. The Balaban J connectivity index is 1.74. The fourth-order valence-electron chi connectivity index (χ4n) is 2.86. The Kier molecular flexibility index (Phi) is 5.81. The van der Waals surface area contributed by atoms with Gasteiger partial charge in [-0.3, -0.25) is 9.59 Å². The first-order valence-electron chi connectivity index (χ1n) is 8.77. The number of benzene rings is 3. The average Bonchev–Trinajstić information content (AvgIpc) is 2.97. The van der Waals surface area contributed by atoms with Crippen LogP contribution in [0.1, 0.15) is 0 Å². The fourth-order valence-corrected chi connectivity index (χ4v) is 4.10. The zero-order valence-electron chi connectivity index (χ0n) is 15.2. The molecule has 8 heteroatoms. The molecule has 0 saturated heterocycles. The summed E-state index contributed by atoms with van der Waals surface area (Å²) >= 11 is 12.9. The monoisotopic (exact) mass is 458 g/mol. The van der Waals surface area contributed by atoms with Gasteiger partial charge in [-0.05, 0) is 54.6 Å². The summed E-state index contributed by atoms with van der Waals surface area (Å²) in [5, 5.41) is 3.41. The van der Waals surface area contributed by atoms with Crippen LogP contribution in [0.15, 0.2) is 88.3 Å². The molecule has 0 atom stereocenters. The van der Waals surface area contributed by atoms with Crippen molar-refractivity contribution in [1.29, 1.82) is 0 Å². The summed E-state index contributed by atoms with van der Waals surface area (Å²) in [5.74, 6) is -1.54. The SMILES string of the molecule is O=C1C(Nc2ccc(F)c(Cl)c2)=C(Sc2ccc(Cl)cc2)C(=O)N1c1ccccc1. The highest BCUT2D eigenvalue weighted by Gasteiger charge is 2.40. The molecule has 3 aromatic carbocycles. The van der Waals surface area contributed by atoms with Crippen molar-refractivity contribution in [2.24, 2.45) is 0 Å². The Hall–Kier alpha value is -2.80. The Morgan fingerprint density at radius 3 is 2.23 bits per heavy atom. The van der Waals surface area contributed by atoms with Crippen molar-refractivity contribution in [1.82, 2.24) is 0 Å². The molecule has 4 nitrogen and oxygen atoms in total. The van der Waals surface area contributed by atoms with Crippen molar-refractivity contribution in [3.8, 4) is 0 Å². The number of nitrogens with zero attached hydrogens (tertiary/aromatic N) is 1. The Morgan fingerprint density at radius 2 is 1.57 bits per heavy atom. The first-order valence-corrected chi connectivity index (χ1v) is 10.3. The van der Waals surface area contributed by atoms with E-state index in [4.69, 9.17) is 23.2 Å². The normalized spacial score (nSPS) is 13.9. The van der Waals surface area contributed by atoms with E-state index in [2.05, 4.69) is 5.32 Å². The van der Waals surface area contributed by atoms with E-state index in [-0.39, 0.29) is 15.6 Å². The summed E-state index contributed by atoms with van der Waals surface area (Å²) in [6, 6.07) is 19.6. The van der Waals surface area contributed by atoms with E-state index in [1.54, 1.807) is 54.6 Å². The van der Waals surface area contributed by atoms with Crippen LogP contribution in [-0.2, 0) is 9.59 Å². The summed E-state index contributed by atoms with van der Waals surface area (Å²) in [6.07, 6.45) is 0. The molecule has 30 heavy (non-hydrogen) atoms. The molecule has 150 valence electrons. The lowest BCUT2D eigenvalue weighted by molar-refractivity contribution is -0.120. The minimum absolute atomic E-state index is 0.0893. The van der Waals surface area contributed by atoms with Gasteiger partial charge in [0.2, 0.25) is 0 Å². The number of amides is 2. The lowest BCUT2D eigenvalue weighted by Crippen LogP contribution is -2.32. The standard InChI is InChI=1S/C22H13Cl2FN2O2S/c23-13-6-9-16(10-7-13)30-20-19(26-14-8-11-18(25)17(24)12-14)21(28)27(22(20)29)15-4-2-1-3-5-15/h1-12,26H. The maximum atomic E-state index is 13.5. The molecule has 2 amide bonds. The highest BCUT2D eigenvalue weighted by molar-refractivity contribution is 8.04. The number of carbonyl (C=O) groups excluding carboxylic acids is 2. The molecular formula is C22H13Cl2FN2O2S. The van der Waals surface area contributed by atoms with Gasteiger partial charge in [0.1, 0.15) is 16.4 Å². The third kappa shape index (κ3) is 4.07. The van der Waals surface area contributed by atoms with E-state index >= 15 is 0 Å². The molecule has 1 aliphatic heterocycles. The molecular weight excluding hydrogens is 446 g/mol. The summed E-state index contributed by atoms with van der Waals surface area (Å²) < 4.78 is 13.5. The zero-order chi connectivity index (χ0) is 21.3. The number of para-hydroxylation sites is 1. The topological polar surface area (TPSA) is 49.4 Å². The first kappa shape index (κ1) is 20.5. The predicted octanol–water partition coefficient (Wildman–Crippen LogP) is 6.12. The second-order valence-corrected chi connectivity index (χ2v) is 8.22. The minimum atomic E-state index is -0.577. The smallest absolute Gasteiger partial charge is 0.283 e. The lowest BCUT2D eigenvalue weighted by atomic mass is 10.3. The second kappa shape index (κ2) is 8.52. The van der Waals surface area contributed by atoms with E-state index < -0.39 is 17.6 Å². The van der Waals surface area contributed by atoms with Gasteiger partial charge in [0.15, 0.2) is 0 Å². The number of carbonyl (C=O) groups is 2. The van der Waals surface area contributed by atoms with Gasteiger partial charge in [-0.15, -0.1) is 0 Å². The maximum absolute atomic E-state index is 13.5. The predicted molar refractivity (Wildman–Crippen MR) is 118 cm³/mol. The molecule has 1 aliphatic rings. The van der Waals surface area contributed by atoms with Gasteiger partial charge in [-0.1, -0.05) is 53.2 Å². The lowest BCUT2D eigenvalue weighted by Gasteiger charge is -2.15. The zero-order valence-corrected chi connectivity index (χ0v) is 17.6. The molecule has 4 rings (SSSR count). The van der Waals surface area contributed by atoms with Crippen LogP contribution in [0, 0.1) is 5.82 Å². The van der Waals surface area contributed by atoms with Crippen LogP contribution < -0.4 is 10.2 Å². The van der Waals surface area contributed by atoms with Crippen molar-refractivity contribution in [3.63, 3.8) is 0 Å². The van der Waals surface area contributed by atoms with Crippen molar-refractivity contribution < 1.29 is 14.0 Å². The van der Waals surface area contributed by atoms with Crippen LogP contribution in [0.3, 0.4) is 0 Å². The Bertz CT molecular complexity index is 1170. The highest BCUT2D eigenvalue weighted by atomic mass is 35.5. The minimum Gasteiger partial charge on any atom is -0.350 e. The van der Waals surface area contributed by atoms with E-state index in [1.807, 2.05) is 0 Å². The maximum Gasteiger partial charge on any atom is 0.283 e. The van der Waals surface area contributed by atoms with E-state index in [9.17, 15) is 14.0 Å². The fraction of sp³-hybridized carbons (Fsp3) is 0. The van der Waals surface area contributed by atoms with Crippen LogP contribution in [0.5, 0.6) is 0 Å². The molecule has 3 aromatic rings. The molecule has 0 unspecified atom stereocenters. The highest BCUT2D eigenvalue weighted by Crippen LogP contribution is 2.38. The third-order valence-corrected chi connectivity index (χ3v) is 5.91. The van der Waals surface area contributed by atoms with Gasteiger partial charge < -0.3 is 5.32 Å². The van der Waals surface area contributed by atoms with E-state index in [0.29, 0.717) is 16.4 Å². The molecule has 0 spiro atoms. The second-order valence-electron chi connectivity index (χ2n) is 6.30. The van der Waals surface area contributed by atoms with Crippen LogP contribution in [0.4, 0.5) is 15.8 Å². The number of rotatable bonds is 5. The summed E-state index contributed by atoms with van der Waals surface area (Å²) in [4.78, 5) is 28.4.